The van der Waals surface area contributed by atoms with Crippen LogP contribution in [-0.4, -0.2) is 18.0 Å². The summed E-state index contributed by atoms with van der Waals surface area (Å²) < 4.78 is 39.2. The van der Waals surface area contributed by atoms with Gasteiger partial charge in [-0.2, -0.15) is 13.2 Å². The lowest BCUT2D eigenvalue weighted by Crippen LogP contribution is -2.23. The molecule has 0 saturated carbocycles. The van der Waals surface area contributed by atoms with Gasteiger partial charge in [0.2, 0.25) is 0 Å². The Hall–Kier alpha value is -1.51. The van der Waals surface area contributed by atoms with Gasteiger partial charge in [0.25, 0.3) is 0 Å². The second-order valence-corrected chi connectivity index (χ2v) is 5.25. The van der Waals surface area contributed by atoms with Crippen LogP contribution >= 0.6 is 0 Å². The van der Waals surface area contributed by atoms with Crippen molar-refractivity contribution in [1.82, 2.24) is 4.90 Å². The largest absolute Gasteiger partial charge is 0.416 e. The van der Waals surface area contributed by atoms with Gasteiger partial charge >= 0.3 is 6.18 Å². The summed E-state index contributed by atoms with van der Waals surface area (Å²) in [5.74, 6) is 0.353. The molecule has 1 fully saturated rings. The third-order valence-electron chi connectivity index (χ3n) is 3.76. The maximum absolute atomic E-state index is 13.1. The van der Waals surface area contributed by atoms with Crippen LogP contribution in [0.2, 0.25) is 0 Å². The molecular formula is C16H18F3N. The molecule has 0 aliphatic carbocycles. The quantitative estimate of drug-likeness (QED) is 0.751. The van der Waals surface area contributed by atoms with Crippen molar-refractivity contribution in [1.29, 1.82) is 0 Å². The minimum Gasteiger partial charge on any atom is -0.298 e. The van der Waals surface area contributed by atoms with Crippen LogP contribution in [-0.2, 0) is 12.7 Å². The molecule has 1 atom stereocenters. The van der Waals surface area contributed by atoms with E-state index < -0.39 is 11.7 Å². The number of benzene rings is 1. The monoisotopic (exact) mass is 281 g/mol. The molecule has 1 unspecified atom stereocenters. The van der Waals surface area contributed by atoms with E-state index in [-0.39, 0.29) is 0 Å². The molecule has 0 N–H and O–H groups in total. The molecular weight excluding hydrogens is 263 g/mol. The number of hydrogen-bond acceptors (Lipinski definition) is 1. The summed E-state index contributed by atoms with van der Waals surface area (Å²) in [6.45, 7) is 7.22. The highest BCUT2D eigenvalue weighted by molar-refractivity contribution is 5.36. The number of likely N-dealkylation sites (tertiary alicyclic amines) is 1. The molecule has 1 aromatic rings. The molecule has 0 aromatic heterocycles. The first kappa shape index (κ1) is 14.9. The van der Waals surface area contributed by atoms with E-state index in [0.717, 1.165) is 19.5 Å². The van der Waals surface area contributed by atoms with Crippen molar-refractivity contribution in [3.63, 3.8) is 0 Å². The minimum atomic E-state index is -4.29. The fourth-order valence-electron chi connectivity index (χ4n) is 2.71. The summed E-state index contributed by atoms with van der Waals surface area (Å²) in [5, 5.41) is 0. The first-order chi connectivity index (χ1) is 9.41. The summed E-state index contributed by atoms with van der Waals surface area (Å²) in [5.41, 5.74) is 3.33. The van der Waals surface area contributed by atoms with Gasteiger partial charge < -0.3 is 0 Å². The Kier molecular flexibility index (Phi) is 4.36. The third-order valence-corrected chi connectivity index (χ3v) is 3.76. The molecule has 1 aliphatic heterocycles. The summed E-state index contributed by atoms with van der Waals surface area (Å²) >= 11 is 0. The fraction of sp³-hybridized carbons (Fsp3) is 0.438. The van der Waals surface area contributed by atoms with Gasteiger partial charge in [-0.15, -0.1) is 5.73 Å². The predicted molar refractivity (Wildman–Crippen MR) is 73.3 cm³/mol. The molecule has 0 amide bonds. The van der Waals surface area contributed by atoms with E-state index >= 15 is 0 Å². The van der Waals surface area contributed by atoms with Crippen molar-refractivity contribution in [2.75, 3.05) is 13.1 Å². The summed E-state index contributed by atoms with van der Waals surface area (Å²) in [6.07, 6.45) is -1.43. The number of aryl methyl sites for hydroxylation is 1. The lowest BCUT2D eigenvalue weighted by Gasteiger charge is -2.21. The van der Waals surface area contributed by atoms with Gasteiger partial charge in [0.15, 0.2) is 0 Å². The first-order valence-corrected chi connectivity index (χ1v) is 6.66. The average Bonchev–Trinajstić information content (AvgIpc) is 2.78. The Morgan fingerprint density at radius 2 is 2.20 bits per heavy atom. The Balaban J connectivity index is 2.20. The molecule has 108 valence electrons. The lowest BCUT2D eigenvalue weighted by atomic mass is 10.0. The summed E-state index contributed by atoms with van der Waals surface area (Å²) in [7, 11) is 0. The minimum absolute atomic E-state index is 0.350. The number of nitrogens with zero attached hydrogens (tertiary/aromatic N) is 1. The molecule has 1 nitrogen and oxygen atoms in total. The Morgan fingerprint density at radius 3 is 2.85 bits per heavy atom. The topological polar surface area (TPSA) is 3.24 Å². The second kappa shape index (κ2) is 5.86. The predicted octanol–water partition coefficient (Wildman–Crippen LogP) is 4.18. The van der Waals surface area contributed by atoms with E-state index in [1.165, 1.54) is 12.1 Å². The van der Waals surface area contributed by atoms with E-state index in [2.05, 4.69) is 17.2 Å². The Bertz CT molecular complexity index is 527. The van der Waals surface area contributed by atoms with Gasteiger partial charge in [-0.1, -0.05) is 18.7 Å². The van der Waals surface area contributed by atoms with Gasteiger partial charge in [-0.3, -0.25) is 4.90 Å². The van der Waals surface area contributed by atoms with Crippen molar-refractivity contribution in [3.8, 4) is 0 Å². The van der Waals surface area contributed by atoms with Crippen LogP contribution in [0.25, 0.3) is 0 Å². The molecule has 1 aliphatic rings. The number of alkyl halides is 3. The van der Waals surface area contributed by atoms with Gasteiger partial charge in [0.1, 0.15) is 0 Å². The van der Waals surface area contributed by atoms with Crippen molar-refractivity contribution in [2.24, 2.45) is 5.92 Å². The maximum Gasteiger partial charge on any atom is 0.416 e. The van der Waals surface area contributed by atoms with Crippen LogP contribution in [0.1, 0.15) is 23.1 Å². The van der Waals surface area contributed by atoms with Crippen molar-refractivity contribution in [3.05, 3.63) is 53.3 Å². The van der Waals surface area contributed by atoms with E-state index in [1.54, 1.807) is 13.0 Å². The van der Waals surface area contributed by atoms with Crippen LogP contribution in [0.15, 0.2) is 36.6 Å². The zero-order valence-electron chi connectivity index (χ0n) is 11.5. The van der Waals surface area contributed by atoms with Crippen LogP contribution < -0.4 is 0 Å². The summed E-state index contributed by atoms with van der Waals surface area (Å²) in [6, 6.07) is 4.37. The maximum atomic E-state index is 13.1. The molecule has 0 radical (unpaired) electrons. The highest BCUT2D eigenvalue weighted by Gasteiger charge is 2.34. The zero-order chi connectivity index (χ0) is 14.8. The fourth-order valence-corrected chi connectivity index (χ4v) is 2.71. The van der Waals surface area contributed by atoms with Crippen LogP contribution in [0.3, 0.4) is 0 Å². The number of halogens is 3. The molecule has 20 heavy (non-hydrogen) atoms. The molecule has 1 heterocycles. The number of rotatable bonds is 3. The molecule has 0 bridgehead atoms. The second-order valence-electron chi connectivity index (χ2n) is 5.25. The first-order valence-electron chi connectivity index (χ1n) is 6.66. The van der Waals surface area contributed by atoms with Crippen molar-refractivity contribution >= 4 is 0 Å². The van der Waals surface area contributed by atoms with Gasteiger partial charge in [0, 0.05) is 13.1 Å². The molecule has 2 rings (SSSR count). The highest BCUT2D eigenvalue weighted by Crippen LogP contribution is 2.34. The van der Waals surface area contributed by atoms with E-state index in [9.17, 15) is 13.2 Å². The number of hydrogen-bond donors (Lipinski definition) is 0. The van der Waals surface area contributed by atoms with E-state index in [0.29, 0.717) is 23.6 Å². The molecule has 1 aromatic carbocycles. The highest BCUT2D eigenvalue weighted by atomic mass is 19.4. The van der Waals surface area contributed by atoms with Crippen LogP contribution in [0.5, 0.6) is 0 Å². The van der Waals surface area contributed by atoms with Crippen molar-refractivity contribution < 1.29 is 13.2 Å². The zero-order valence-corrected chi connectivity index (χ0v) is 11.5. The van der Waals surface area contributed by atoms with Gasteiger partial charge in [0.05, 0.1) is 5.56 Å². The standard InChI is InChI=1S/C16H18F3N/c1-3-5-13-8-9-20(10-13)11-14-12(2)6-4-7-15(14)16(17,18)19/h4-7,13H,1,8-11H2,2H3. The Morgan fingerprint density at radius 1 is 1.45 bits per heavy atom. The third kappa shape index (κ3) is 3.33. The Labute approximate surface area is 117 Å². The van der Waals surface area contributed by atoms with Crippen molar-refractivity contribution in [2.45, 2.75) is 26.1 Å². The van der Waals surface area contributed by atoms with Crippen LogP contribution in [0, 0.1) is 12.8 Å². The van der Waals surface area contributed by atoms with Gasteiger partial charge in [-0.25, -0.2) is 0 Å². The summed E-state index contributed by atoms with van der Waals surface area (Å²) in [4.78, 5) is 2.07. The average molecular weight is 281 g/mol. The van der Waals surface area contributed by atoms with Gasteiger partial charge in [-0.05, 0) is 49.1 Å². The molecule has 0 spiro atoms. The smallest absolute Gasteiger partial charge is 0.298 e. The molecule has 1 saturated heterocycles. The van der Waals surface area contributed by atoms with E-state index in [4.69, 9.17) is 0 Å². The van der Waals surface area contributed by atoms with Crippen LogP contribution in [0.4, 0.5) is 13.2 Å². The van der Waals surface area contributed by atoms with E-state index in [1.807, 2.05) is 6.08 Å². The SMILES string of the molecule is C=C=CC1CCN(Cc2c(C)cccc2C(F)(F)F)C1. The lowest BCUT2D eigenvalue weighted by molar-refractivity contribution is -0.138. The normalized spacial score (nSPS) is 19.9. The molecule has 4 heteroatoms.